The highest BCUT2D eigenvalue weighted by atomic mass is 14.6. The molecule has 10 heavy (non-hydrogen) atoms. The molecule has 1 heteroatoms. The van der Waals surface area contributed by atoms with E-state index in [2.05, 4.69) is 20.8 Å². The molecule has 0 radical (unpaired) electrons. The first-order valence-electron chi connectivity index (χ1n) is 4.50. The normalized spacial score (nSPS) is 14.1. The van der Waals surface area contributed by atoms with Crippen molar-refractivity contribution in [3.63, 3.8) is 0 Å². The lowest BCUT2D eigenvalue weighted by Gasteiger charge is -2.16. The lowest BCUT2D eigenvalue weighted by Crippen LogP contribution is -2.22. The topological polar surface area (TPSA) is 26.0 Å². The summed E-state index contributed by atoms with van der Waals surface area (Å²) in [7, 11) is 0. The summed E-state index contributed by atoms with van der Waals surface area (Å²) in [4.78, 5) is 0. The van der Waals surface area contributed by atoms with E-state index in [0.29, 0.717) is 6.04 Å². The maximum absolute atomic E-state index is 5.82. The fourth-order valence-electron chi connectivity index (χ4n) is 1.22. The Morgan fingerprint density at radius 1 is 1.00 bits per heavy atom. The lowest BCUT2D eigenvalue weighted by atomic mass is 9.94. The van der Waals surface area contributed by atoms with Crippen LogP contribution in [-0.2, 0) is 0 Å². The van der Waals surface area contributed by atoms with E-state index in [-0.39, 0.29) is 0 Å². The van der Waals surface area contributed by atoms with Crippen molar-refractivity contribution in [1.29, 1.82) is 0 Å². The van der Waals surface area contributed by atoms with Gasteiger partial charge >= 0.3 is 0 Å². The van der Waals surface area contributed by atoms with Gasteiger partial charge in [-0.2, -0.15) is 0 Å². The molecule has 1 nitrogen and oxygen atoms in total. The Balaban J connectivity index is 3.41. The molecule has 0 fully saturated rings. The van der Waals surface area contributed by atoms with E-state index >= 15 is 0 Å². The minimum atomic E-state index is 0.435. The van der Waals surface area contributed by atoms with Crippen LogP contribution in [0, 0.1) is 5.92 Å². The number of rotatable bonds is 5. The molecule has 0 aliphatic rings. The molecule has 0 saturated carbocycles. The van der Waals surface area contributed by atoms with Gasteiger partial charge in [-0.05, 0) is 18.8 Å². The Morgan fingerprint density at radius 2 is 1.50 bits per heavy atom. The Hall–Kier alpha value is -0.0400. The first-order chi connectivity index (χ1) is 4.74. The van der Waals surface area contributed by atoms with Crippen molar-refractivity contribution in [3.8, 4) is 0 Å². The molecule has 0 bridgehead atoms. The van der Waals surface area contributed by atoms with Gasteiger partial charge in [0.15, 0.2) is 0 Å². The fraction of sp³-hybridized carbons (Fsp3) is 1.00. The van der Waals surface area contributed by atoms with Crippen molar-refractivity contribution in [1.82, 2.24) is 0 Å². The summed E-state index contributed by atoms with van der Waals surface area (Å²) >= 11 is 0. The van der Waals surface area contributed by atoms with Crippen molar-refractivity contribution in [2.24, 2.45) is 11.7 Å². The molecule has 0 aromatic heterocycles. The van der Waals surface area contributed by atoms with Crippen LogP contribution >= 0.6 is 0 Å². The molecule has 0 aromatic rings. The van der Waals surface area contributed by atoms with Crippen LogP contribution in [0.3, 0.4) is 0 Å². The molecule has 0 aliphatic heterocycles. The molecule has 0 heterocycles. The molecule has 0 aliphatic carbocycles. The highest BCUT2D eigenvalue weighted by molar-refractivity contribution is 4.64. The highest BCUT2D eigenvalue weighted by Crippen LogP contribution is 2.14. The van der Waals surface area contributed by atoms with E-state index in [1.807, 2.05) is 0 Å². The standard InChI is InChI=1S/C9H21N/c1-4-8(5-2)7-9(10)6-3/h8-9H,4-7,10H2,1-3H3. The Kier molecular flexibility index (Phi) is 5.70. The van der Waals surface area contributed by atoms with Gasteiger partial charge in [-0.15, -0.1) is 0 Å². The van der Waals surface area contributed by atoms with Crippen molar-refractivity contribution in [3.05, 3.63) is 0 Å². The van der Waals surface area contributed by atoms with Crippen molar-refractivity contribution >= 4 is 0 Å². The van der Waals surface area contributed by atoms with E-state index in [9.17, 15) is 0 Å². The molecule has 0 aromatic carbocycles. The van der Waals surface area contributed by atoms with Gasteiger partial charge in [0.2, 0.25) is 0 Å². The zero-order chi connectivity index (χ0) is 7.98. The molecule has 1 atom stereocenters. The number of hydrogen-bond donors (Lipinski definition) is 1. The zero-order valence-electron chi connectivity index (χ0n) is 7.56. The van der Waals surface area contributed by atoms with E-state index in [4.69, 9.17) is 5.73 Å². The second kappa shape index (κ2) is 5.72. The predicted octanol–water partition coefficient (Wildman–Crippen LogP) is 2.55. The van der Waals surface area contributed by atoms with Crippen LogP contribution in [0.15, 0.2) is 0 Å². The van der Waals surface area contributed by atoms with Gasteiger partial charge in [-0.1, -0.05) is 33.6 Å². The smallest absolute Gasteiger partial charge is 0.00388 e. The second-order valence-electron chi connectivity index (χ2n) is 3.09. The van der Waals surface area contributed by atoms with Gasteiger partial charge in [0.1, 0.15) is 0 Å². The minimum Gasteiger partial charge on any atom is -0.328 e. The van der Waals surface area contributed by atoms with E-state index in [1.54, 1.807) is 0 Å². The summed E-state index contributed by atoms with van der Waals surface area (Å²) in [6.07, 6.45) is 4.90. The third kappa shape index (κ3) is 3.89. The van der Waals surface area contributed by atoms with Crippen LogP contribution in [0.5, 0.6) is 0 Å². The van der Waals surface area contributed by atoms with E-state index < -0.39 is 0 Å². The summed E-state index contributed by atoms with van der Waals surface area (Å²) in [5, 5.41) is 0. The predicted molar refractivity (Wildman–Crippen MR) is 47.0 cm³/mol. The molecule has 1 unspecified atom stereocenters. The van der Waals surface area contributed by atoms with Crippen LogP contribution in [0.2, 0.25) is 0 Å². The maximum Gasteiger partial charge on any atom is 0.00388 e. The van der Waals surface area contributed by atoms with Gasteiger partial charge < -0.3 is 5.73 Å². The summed E-state index contributed by atoms with van der Waals surface area (Å²) in [5.74, 6) is 0.856. The van der Waals surface area contributed by atoms with Gasteiger partial charge in [0.25, 0.3) is 0 Å². The number of hydrogen-bond acceptors (Lipinski definition) is 1. The molecule has 0 saturated heterocycles. The Bertz CT molecular complexity index is 67.1. The average molecular weight is 143 g/mol. The molecule has 0 spiro atoms. The zero-order valence-corrected chi connectivity index (χ0v) is 7.56. The van der Waals surface area contributed by atoms with Crippen LogP contribution in [0.25, 0.3) is 0 Å². The van der Waals surface area contributed by atoms with Gasteiger partial charge in [0.05, 0.1) is 0 Å². The maximum atomic E-state index is 5.82. The Labute approximate surface area is 65.0 Å². The first kappa shape index (κ1) is 9.96. The number of nitrogens with two attached hydrogens (primary N) is 1. The van der Waals surface area contributed by atoms with Crippen LogP contribution in [0.1, 0.15) is 46.5 Å². The lowest BCUT2D eigenvalue weighted by molar-refractivity contribution is 0.403. The highest BCUT2D eigenvalue weighted by Gasteiger charge is 2.07. The summed E-state index contributed by atoms with van der Waals surface area (Å²) in [5.41, 5.74) is 5.82. The van der Waals surface area contributed by atoms with Gasteiger partial charge in [-0.3, -0.25) is 0 Å². The third-order valence-corrected chi connectivity index (χ3v) is 2.32. The van der Waals surface area contributed by atoms with Gasteiger partial charge in [0, 0.05) is 6.04 Å². The summed E-state index contributed by atoms with van der Waals surface area (Å²) in [6.45, 7) is 6.65. The quantitative estimate of drug-likeness (QED) is 0.629. The SMILES string of the molecule is CCC(N)CC(CC)CC. The molecule has 62 valence electrons. The van der Waals surface area contributed by atoms with Crippen molar-refractivity contribution < 1.29 is 0 Å². The van der Waals surface area contributed by atoms with Crippen LogP contribution < -0.4 is 5.73 Å². The van der Waals surface area contributed by atoms with Crippen molar-refractivity contribution in [2.75, 3.05) is 0 Å². The molecular formula is C9H21N. The molecule has 0 rings (SSSR count). The summed E-state index contributed by atoms with van der Waals surface area (Å²) < 4.78 is 0. The third-order valence-electron chi connectivity index (χ3n) is 2.32. The largest absolute Gasteiger partial charge is 0.328 e. The summed E-state index contributed by atoms with van der Waals surface area (Å²) in [6, 6.07) is 0.435. The molecule has 2 N–H and O–H groups in total. The Morgan fingerprint density at radius 3 is 1.80 bits per heavy atom. The van der Waals surface area contributed by atoms with Crippen molar-refractivity contribution in [2.45, 2.75) is 52.5 Å². The first-order valence-corrected chi connectivity index (χ1v) is 4.50. The molecular weight excluding hydrogens is 122 g/mol. The van der Waals surface area contributed by atoms with E-state index in [1.165, 1.54) is 19.3 Å². The second-order valence-corrected chi connectivity index (χ2v) is 3.09. The monoisotopic (exact) mass is 143 g/mol. The fourth-order valence-corrected chi connectivity index (χ4v) is 1.22. The van der Waals surface area contributed by atoms with E-state index in [0.717, 1.165) is 12.3 Å². The minimum absolute atomic E-state index is 0.435. The van der Waals surface area contributed by atoms with Gasteiger partial charge in [-0.25, -0.2) is 0 Å². The average Bonchev–Trinajstić information content (AvgIpc) is 1.99. The van der Waals surface area contributed by atoms with Crippen LogP contribution in [-0.4, -0.2) is 6.04 Å². The molecule has 0 amide bonds. The van der Waals surface area contributed by atoms with Crippen LogP contribution in [0.4, 0.5) is 0 Å².